The van der Waals surface area contributed by atoms with Crippen LogP contribution in [0.25, 0.3) is 0 Å². The molecule has 0 heterocycles. The van der Waals surface area contributed by atoms with Gasteiger partial charge in [0, 0.05) is 12.6 Å². The fourth-order valence-electron chi connectivity index (χ4n) is 1.93. The van der Waals surface area contributed by atoms with Crippen LogP contribution in [0.5, 0.6) is 0 Å². The van der Waals surface area contributed by atoms with Crippen LogP contribution in [0, 0.1) is 17.6 Å². The van der Waals surface area contributed by atoms with E-state index in [2.05, 4.69) is 24.5 Å². The summed E-state index contributed by atoms with van der Waals surface area (Å²) in [7, 11) is 3.90. The molecule has 0 aliphatic heterocycles. The fourth-order valence-corrected chi connectivity index (χ4v) is 1.93. The van der Waals surface area contributed by atoms with Crippen LogP contribution in [0.1, 0.15) is 13.8 Å². The molecule has 118 valence electrons. The summed E-state index contributed by atoms with van der Waals surface area (Å²) in [4.78, 5) is 13.8. The molecule has 0 aliphatic carbocycles. The summed E-state index contributed by atoms with van der Waals surface area (Å²) in [6.07, 6.45) is 0. The van der Waals surface area contributed by atoms with E-state index in [0.29, 0.717) is 5.92 Å². The average Bonchev–Trinajstić information content (AvgIpc) is 2.38. The van der Waals surface area contributed by atoms with Gasteiger partial charge in [-0.05, 0) is 32.1 Å². The Kier molecular flexibility index (Phi) is 6.71. The van der Waals surface area contributed by atoms with Gasteiger partial charge in [-0.2, -0.15) is 0 Å². The molecule has 0 aliphatic rings. The maximum absolute atomic E-state index is 13.4. The standard InChI is InChI=1S/C15H23F2N3O/c1-10(2)13(9-20(3)4)18-8-14(21)19-15-11(16)6-5-7-12(15)17/h5-7,10,13,18H,8-9H2,1-4H3,(H,19,21). The summed E-state index contributed by atoms with van der Waals surface area (Å²) in [5.41, 5.74) is -0.405. The maximum atomic E-state index is 13.4. The molecule has 0 radical (unpaired) electrons. The Labute approximate surface area is 124 Å². The van der Waals surface area contributed by atoms with Crippen molar-refractivity contribution >= 4 is 11.6 Å². The average molecular weight is 299 g/mol. The molecule has 4 nitrogen and oxygen atoms in total. The van der Waals surface area contributed by atoms with E-state index < -0.39 is 23.2 Å². The smallest absolute Gasteiger partial charge is 0.238 e. The molecule has 1 unspecified atom stereocenters. The zero-order valence-corrected chi connectivity index (χ0v) is 12.9. The van der Waals surface area contributed by atoms with E-state index in [9.17, 15) is 13.6 Å². The number of likely N-dealkylation sites (N-methyl/N-ethyl adjacent to an activating group) is 1. The first-order valence-electron chi connectivity index (χ1n) is 6.93. The van der Waals surface area contributed by atoms with Crippen molar-refractivity contribution < 1.29 is 13.6 Å². The Morgan fingerprint density at radius 1 is 1.24 bits per heavy atom. The molecule has 0 spiro atoms. The van der Waals surface area contributed by atoms with Gasteiger partial charge in [0.2, 0.25) is 5.91 Å². The van der Waals surface area contributed by atoms with E-state index in [4.69, 9.17) is 0 Å². The highest BCUT2D eigenvalue weighted by Crippen LogP contribution is 2.17. The third-order valence-electron chi connectivity index (χ3n) is 3.12. The molecule has 1 atom stereocenters. The molecule has 0 aromatic heterocycles. The van der Waals surface area contributed by atoms with Crippen molar-refractivity contribution in [2.45, 2.75) is 19.9 Å². The van der Waals surface area contributed by atoms with E-state index in [1.165, 1.54) is 6.07 Å². The van der Waals surface area contributed by atoms with Gasteiger partial charge in [-0.1, -0.05) is 19.9 Å². The molecule has 0 saturated carbocycles. The van der Waals surface area contributed by atoms with Crippen molar-refractivity contribution in [2.75, 3.05) is 32.5 Å². The quantitative estimate of drug-likeness (QED) is 0.810. The lowest BCUT2D eigenvalue weighted by Gasteiger charge is -2.25. The van der Waals surface area contributed by atoms with Gasteiger partial charge in [0.15, 0.2) is 0 Å². The molecule has 1 amide bonds. The van der Waals surface area contributed by atoms with Gasteiger partial charge in [0.05, 0.1) is 6.54 Å². The molecule has 21 heavy (non-hydrogen) atoms. The molecule has 1 rings (SSSR count). The first kappa shape index (κ1) is 17.5. The third-order valence-corrected chi connectivity index (χ3v) is 3.12. The number of amides is 1. The first-order valence-corrected chi connectivity index (χ1v) is 6.93. The van der Waals surface area contributed by atoms with Crippen LogP contribution in [0.15, 0.2) is 18.2 Å². The molecule has 2 N–H and O–H groups in total. The van der Waals surface area contributed by atoms with Crippen molar-refractivity contribution in [3.8, 4) is 0 Å². The highest BCUT2D eigenvalue weighted by Gasteiger charge is 2.16. The molecule has 1 aromatic rings. The summed E-state index contributed by atoms with van der Waals surface area (Å²) in [6.45, 7) is 4.88. The van der Waals surface area contributed by atoms with Crippen LogP contribution in [0.2, 0.25) is 0 Å². The number of para-hydroxylation sites is 1. The van der Waals surface area contributed by atoms with Gasteiger partial charge in [0.25, 0.3) is 0 Å². The van der Waals surface area contributed by atoms with E-state index in [0.717, 1.165) is 18.7 Å². The number of benzene rings is 1. The van der Waals surface area contributed by atoms with Gasteiger partial charge in [-0.25, -0.2) is 8.78 Å². The summed E-state index contributed by atoms with van der Waals surface area (Å²) < 4.78 is 26.9. The fraction of sp³-hybridized carbons (Fsp3) is 0.533. The maximum Gasteiger partial charge on any atom is 0.238 e. The predicted octanol–water partition coefficient (Wildman–Crippen LogP) is 2.08. The second kappa shape index (κ2) is 8.05. The van der Waals surface area contributed by atoms with Gasteiger partial charge in [-0.15, -0.1) is 0 Å². The second-order valence-corrected chi connectivity index (χ2v) is 5.64. The van der Waals surface area contributed by atoms with Crippen LogP contribution < -0.4 is 10.6 Å². The molecule has 0 fully saturated rings. The summed E-state index contributed by atoms with van der Waals surface area (Å²) in [5.74, 6) is -1.69. The van der Waals surface area contributed by atoms with E-state index in [1.54, 1.807) is 0 Å². The summed E-state index contributed by atoms with van der Waals surface area (Å²) in [6, 6.07) is 3.59. The molecule has 1 aromatic carbocycles. The topological polar surface area (TPSA) is 44.4 Å². The molecular formula is C15H23F2N3O. The van der Waals surface area contributed by atoms with Crippen molar-refractivity contribution in [1.82, 2.24) is 10.2 Å². The number of hydrogen-bond acceptors (Lipinski definition) is 3. The van der Waals surface area contributed by atoms with Crippen molar-refractivity contribution in [3.63, 3.8) is 0 Å². The molecular weight excluding hydrogens is 276 g/mol. The van der Waals surface area contributed by atoms with Crippen LogP contribution in [-0.4, -0.2) is 44.0 Å². The lowest BCUT2D eigenvalue weighted by atomic mass is 10.0. The zero-order valence-electron chi connectivity index (χ0n) is 12.9. The van der Waals surface area contributed by atoms with Crippen molar-refractivity contribution in [1.29, 1.82) is 0 Å². The SMILES string of the molecule is CC(C)C(CN(C)C)NCC(=O)Nc1c(F)cccc1F. The van der Waals surface area contributed by atoms with Gasteiger partial charge >= 0.3 is 0 Å². The lowest BCUT2D eigenvalue weighted by molar-refractivity contribution is -0.115. The Morgan fingerprint density at radius 2 is 1.81 bits per heavy atom. The number of anilines is 1. The number of halogens is 2. The number of carbonyl (C=O) groups excluding carboxylic acids is 1. The highest BCUT2D eigenvalue weighted by molar-refractivity contribution is 5.92. The van der Waals surface area contributed by atoms with Gasteiger partial charge < -0.3 is 15.5 Å². The lowest BCUT2D eigenvalue weighted by Crippen LogP contribution is -2.45. The number of carbonyl (C=O) groups is 1. The Hall–Kier alpha value is -1.53. The van der Waals surface area contributed by atoms with Crippen molar-refractivity contribution in [2.24, 2.45) is 5.92 Å². The number of nitrogens with zero attached hydrogens (tertiary/aromatic N) is 1. The largest absolute Gasteiger partial charge is 0.320 e. The molecule has 6 heteroatoms. The number of nitrogens with one attached hydrogen (secondary N) is 2. The minimum absolute atomic E-state index is 0.00443. The summed E-state index contributed by atoms with van der Waals surface area (Å²) >= 11 is 0. The Bertz CT molecular complexity index is 458. The monoisotopic (exact) mass is 299 g/mol. The van der Waals surface area contributed by atoms with Gasteiger partial charge in [0.1, 0.15) is 17.3 Å². The highest BCUT2D eigenvalue weighted by atomic mass is 19.1. The predicted molar refractivity (Wildman–Crippen MR) is 80.2 cm³/mol. The third kappa shape index (κ3) is 5.77. The van der Waals surface area contributed by atoms with E-state index in [1.807, 2.05) is 19.0 Å². The minimum atomic E-state index is -0.781. The number of hydrogen-bond donors (Lipinski definition) is 2. The number of rotatable bonds is 7. The Morgan fingerprint density at radius 3 is 2.29 bits per heavy atom. The van der Waals surface area contributed by atoms with Crippen LogP contribution in [0.4, 0.5) is 14.5 Å². The molecule has 0 saturated heterocycles. The van der Waals surface area contributed by atoms with Crippen LogP contribution in [0.3, 0.4) is 0 Å². The van der Waals surface area contributed by atoms with Crippen molar-refractivity contribution in [3.05, 3.63) is 29.8 Å². The first-order chi connectivity index (χ1) is 9.81. The normalized spacial score (nSPS) is 12.8. The molecule has 0 bridgehead atoms. The zero-order chi connectivity index (χ0) is 16.0. The minimum Gasteiger partial charge on any atom is -0.320 e. The van der Waals surface area contributed by atoms with Gasteiger partial charge in [-0.3, -0.25) is 4.79 Å². The second-order valence-electron chi connectivity index (χ2n) is 5.64. The summed E-state index contributed by atoms with van der Waals surface area (Å²) in [5, 5.41) is 5.37. The van der Waals surface area contributed by atoms with E-state index >= 15 is 0 Å². The van der Waals surface area contributed by atoms with Crippen LogP contribution >= 0.6 is 0 Å². The van der Waals surface area contributed by atoms with Crippen LogP contribution in [-0.2, 0) is 4.79 Å². The Balaban J connectivity index is 2.57. The van der Waals surface area contributed by atoms with E-state index in [-0.39, 0.29) is 12.6 Å².